The topological polar surface area (TPSA) is 51.1 Å². The number of carbonyl (C=O) groups is 1. The van der Waals surface area contributed by atoms with Gasteiger partial charge >= 0.3 is 0 Å². The van der Waals surface area contributed by atoms with Crippen molar-refractivity contribution in [2.75, 3.05) is 6.54 Å². The zero-order valence-electron chi connectivity index (χ0n) is 16.9. The van der Waals surface area contributed by atoms with Crippen molar-refractivity contribution in [3.63, 3.8) is 0 Å². The summed E-state index contributed by atoms with van der Waals surface area (Å²) >= 11 is 0. The molecule has 0 saturated carbocycles. The molecule has 0 aliphatic heterocycles. The van der Waals surface area contributed by atoms with Gasteiger partial charge < -0.3 is 9.88 Å². The molecule has 0 aliphatic rings. The van der Waals surface area contributed by atoms with Gasteiger partial charge in [0, 0.05) is 18.2 Å². The molecule has 0 fully saturated rings. The third kappa shape index (κ3) is 4.80. The van der Waals surface area contributed by atoms with E-state index >= 15 is 0 Å². The summed E-state index contributed by atoms with van der Waals surface area (Å²) in [5.74, 6) is -0.773. The Labute approximate surface area is 170 Å². The summed E-state index contributed by atoms with van der Waals surface area (Å²) in [4.78, 5) is 25.5. The number of benzene rings is 2. The number of rotatable bonds is 6. The fourth-order valence-electron chi connectivity index (χ4n) is 3.34. The van der Waals surface area contributed by atoms with Crippen molar-refractivity contribution in [2.45, 2.75) is 32.7 Å². The molecule has 1 heterocycles. The van der Waals surface area contributed by atoms with Crippen LogP contribution < -0.4 is 10.9 Å². The van der Waals surface area contributed by atoms with Crippen LogP contribution >= 0.6 is 0 Å². The molecule has 0 radical (unpaired) electrons. The van der Waals surface area contributed by atoms with Gasteiger partial charge in [-0.15, -0.1) is 0 Å². The van der Waals surface area contributed by atoms with Crippen LogP contribution in [-0.4, -0.2) is 17.0 Å². The lowest BCUT2D eigenvalue weighted by Gasteiger charge is -2.26. The van der Waals surface area contributed by atoms with Crippen LogP contribution in [0, 0.1) is 12.7 Å². The molecule has 3 aromatic rings. The van der Waals surface area contributed by atoms with Crippen molar-refractivity contribution >= 4 is 5.91 Å². The second-order valence-corrected chi connectivity index (χ2v) is 7.89. The van der Waals surface area contributed by atoms with Gasteiger partial charge in [0.1, 0.15) is 11.4 Å². The number of nitrogens with zero attached hydrogens (tertiary/aromatic N) is 1. The second-order valence-electron chi connectivity index (χ2n) is 7.89. The van der Waals surface area contributed by atoms with Gasteiger partial charge in [0.15, 0.2) is 0 Å². The number of aromatic nitrogens is 1. The number of hydrogen-bond donors (Lipinski definition) is 1. The number of halogens is 1. The maximum absolute atomic E-state index is 14.1. The number of nitrogens with one attached hydrogen (secondary N) is 1. The van der Waals surface area contributed by atoms with Crippen LogP contribution in [0.3, 0.4) is 0 Å². The van der Waals surface area contributed by atoms with E-state index < -0.39 is 11.3 Å². The van der Waals surface area contributed by atoms with Gasteiger partial charge in [-0.25, -0.2) is 4.39 Å². The number of amides is 1. The molecule has 2 aromatic carbocycles. The number of hydrogen-bond acceptors (Lipinski definition) is 2. The SMILES string of the molecule is Cc1cccc(Cn2cccc(C(=O)NCC(C)(C)c3ccccc3F)c2=O)c1. The molecule has 4 nitrogen and oxygen atoms in total. The monoisotopic (exact) mass is 392 g/mol. The molecule has 0 bridgehead atoms. The first-order valence-electron chi connectivity index (χ1n) is 9.56. The van der Waals surface area contributed by atoms with Gasteiger partial charge in [-0.05, 0) is 36.2 Å². The summed E-state index contributed by atoms with van der Waals surface area (Å²) in [5, 5.41) is 2.79. The first-order chi connectivity index (χ1) is 13.8. The number of carbonyl (C=O) groups excluding carboxylic acids is 1. The van der Waals surface area contributed by atoms with Gasteiger partial charge in [-0.2, -0.15) is 0 Å². The largest absolute Gasteiger partial charge is 0.351 e. The third-order valence-corrected chi connectivity index (χ3v) is 4.99. The Hall–Kier alpha value is -3.21. The highest BCUT2D eigenvalue weighted by Crippen LogP contribution is 2.24. The molecule has 0 unspecified atom stereocenters. The lowest BCUT2D eigenvalue weighted by molar-refractivity contribution is 0.0943. The van der Waals surface area contributed by atoms with Crippen molar-refractivity contribution < 1.29 is 9.18 Å². The normalized spacial score (nSPS) is 11.3. The predicted molar refractivity (Wildman–Crippen MR) is 113 cm³/mol. The molecule has 5 heteroatoms. The molecule has 1 N–H and O–H groups in total. The van der Waals surface area contributed by atoms with Crippen molar-refractivity contribution in [1.82, 2.24) is 9.88 Å². The molecule has 3 rings (SSSR count). The molecule has 1 aromatic heterocycles. The van der Waals surface area contributed by atoms with Gasteiger partial charge in [0.25, 0.3) is 11.5 Å². The van der Waals surface area contributed by atoms with E-state index in [9.17, 15) is 14.0 Å². The Morgan fingerprint density at radius 3 is 2.55 bits per heavy atom. The summed E-state index contributed by atoms with van der Waals surface area (Å²) in [5.41, 5.74) is 1.73. The molecular formula is C24H25FN2O2. The first-order valence-corrected chi connectivity index (χ1v) is 9.56. The van der Waals surface area contributed by atoms with Gasteiger partial charge in [0.05, 0.1) is 6.54 Å². The van der Waals surface area contributed by atoms with Gasteiger partial charge in [-0.3, -0.25) is 9.59 Å². The molecule has 150 valence electrons. The lowest BCUT2D eigenvalue weighted by atomic mass is 9.84. The summed E-state index contributed by atoms with van der Waals surface area (Å²) in [6.45, 7) is 6.30. The maximum atomic E-state index is 14.1. The predicted octanol–water partition coefficient (Wildman–Crippen LogP) is 4.05. The Balaban J connectivity index is 1.76. The Morgan fingerprint density at radius 1 is 1.07 bits per heavy atom. The highest BCUT2D eigenvalue weighted by Gasteiger charge is 2.25. The van der Waals surface area contributed by atoms with E-state index in [0.717, 1.165) is 11.1 Å². The van der Waals surface area contributed by atoms with Crippen LogP contribution in [0.4, 0.5) is 4.39 Å². The van der Waals surface area contributed by atoms with E-state index in [1.54, 1.807) is 30.5 Å². The second kappa shape index (κ2) is 8.43. The van der Waals surface area contributed by atoms with E-state index in [2.05, 4.69) is 5.32 Å². The minimum absolute atomic E-state index is 0.0736. The maximum Gasteiger partial charge on any atom is 0.263 e. The van der Waals surface area contributed by atoms with Crippen molar-refractivity contribution in [1.29, 1.82) is 0 Å². The zero-order chi connectivity index (χ0) is 21.0. The molecular weight excluding hydrogens is 367 g/mol. The van der Waals surface area contributed by atoms with Crippen LogP contribution in [0.15, 0.2) is 71.7 Å². The molecule has 0 saturated heterocycles. The van der Waals surface area contributed by atoms with Crippen LogP contribution in [0.5, 0.6) is 0 Å². The fourth-order valence-corrected chi connectivity index (χ4v) is 3.34. The Bertz CT molecular complexity index is 1090. The van der Waals surface area contributed by atoms with Crippen LogP contribution in [-0.2, 0) is 12.0 Å². The average Bonchev–Trinajstić information content (AvgIpc) is 2.68. The molecule has 0 atom stereocenters. The molecule has 1 amide bonds. The third-order valence-electron chi connectivity index (χ3n) is 4.99. The molecule has 0 aliphatic carbocycles. The lowest BCUT2D eigenvalue weighted by Crippen LogP contribution is -2.40. The van der Waals surface area contributed by atoms with E-state index in [-0.39, 0.29) is 23.5 Å². The van der Waals surface area contributed by atoms with Crippen LogP contribution in [0.1, 0.15) is 40.9 Å². The van der Waals surface area contributed by atoms with E-state index in [0.29, 0.717) is 12.1 Å². The highest BCUT2D eigenvalue weighted by atomic mass is 19.1. The first kappa shape index (κ1) is 20.5. The smallest absolute Gasteiger partial charge is 0.263 e. The summed E-state index contributed by atoms with van der Waals surface area (Å²) < 4.78 is 15.6. The van der Waals surface area contributed by atoms with Crippen LogP contribution in [0.25, 0.3) is 0 Å². The van der Waals surface area contributed by atoms with Crippen molar-refractivity contribution in [3.8, 4) is 0 Å². The summed E-state index contributed by atoms with van der Waals surface area (Å²) in [6, 6.07) is 17.6. The van der Waals surface area contributed by atoms with E-state index in [1.807, 2.05) is 45.0 Å². The molecule has 0 spiro atoms. The standard InChI is InChI=1S/C24H25FN2O2/c1-17-8-6-9-18(14-17)15-27-13-7-10-19(23(27)29)22(28)26-16-24(2,3)20-11-4-5-12-21(20)25/h4-14H,15-16H2,1-3H3,(H,26,28). The highest BCUT2D eigenvalue weighted by molar-refractivity contribution is 5.93. The van der Waals surface area contributed by atoms with E-state index in [1.165, 1.54) is 16.7 Å². The van der Waals surface area contributed by atoms with Crippen molar-refractivity contribution in [3.05, 3.63) is 105 Å². The average molecular weight is 392 g/mol. The minimum Gasteiger partial charge on any atom is -0.351 e. The van der Waals surface area contributed by atoms with E-state index in [4.69, 9.17) is 0 Å². The van der Waals surface area contributed by atoms with Gasteiger partial charge in [0.2, 0.25) is 0 Å². The molecule has 29 heavy (non-hydrogen) atoms. The summed E-state index contributed by atoms with van der Waals surface area (Å²) in [6.07, 6.45) is 1.67. The Kier molecular flexibility index (Phi) is 5.97. The van der Waals surface area contributed by atoms with Crippen LogP contribution in [0.2, 0.25) is 0 Å². The Morgan fingerprint density at radius 2 is 1.83 bits per heavy atom. The summed E-state index contributed by atoms with van der Waals surface area (Å²) in [7, 11) is 0. The number of aryl methyl sites for hydroxylation is 1. The quantitative estimate of drug-likeness (QED) is 0.688. The zero-order valence-corrected chi connectivity index (χ0v) is 16.9. The van der Waals surface area contributed by atoms with Crippen molar-refractivity contribution in [2.24, 2.45) is 0 Å². The fraction of sp³-hybridized carbons (Fsp3) is 0.250. The number of pyridine rings is 1. The minimum atomic E-state index is -0.615. The van der Waals surface area contributed by atoms with Gasteiger partial charge in [-0.1, -0.05) is 61.9 Å².